The first-order chi connectivity index (χ1) is 13.0. The largest absolute Gasteiger partial charge is 0.493 e. The first-order valence-corrected chi connectivity index (χ1v) is 8.68. The number of guanidine groups is 1. The van der Waals surface area contributed by atoms with Gasteiger partial charge in [0.1, 0.15) is 0 Å². The molecule has 0 saturated carbocycles. The van der Waals surface area contributed by atoms with Gasteiger partial charge in [0.15, 0.2) is 29.0 Å². The van der Waals surface area contributed by atoms with Crippen molar-refractivity contribution < 1.29 is 18.9 Å². The van der Waals surface area contributed by atoms with Crippen molar-refractivity contribution >= 4 is 47.2 Å². The van der Waals surface area contributed by atoms with Crippen LogP contribution >= 0.6 is 35.6 Å². The maximum absolute atomic E-state index is 6.27. The van der Waals surface area contributed by atoms with Gasteiger partial charge in [-0.05, 0) is 36.8 Å². The summed E-state index contributed by atoms with van der Waals surface area (Å²) in [6.45, 7) is 2.71. The maximum atomic E-state index is 6.27. The Kier molecular flexibility index (Phi) is 10.0. The molecule has 2 aromatic rings. The molecule has 7 nitrogen and oxygen atoms in total. The molecule has 154 valence electrons. The summed E-state index contributed by atoms with van der Waals surface area (Å²) < 4.78 is 21.3. The van der Waals surface area contributed by atoms with Gasteiger partial charge >= 0.3 is 0 Å². The molecular formula is C19H25ClIN3O4. The fourth-order valence-corrected chi connectivity index (χ4v) is 2.71. The van der Waals surface area contributed by atoms with Crippen molar-refractivity contribution in [1.82, 2.24) is 0 Å². The Morgan fingerprint density at radius 2 is 1.71 bits per heavy atom. The van der Waals surface area contributed by atoms with Gasteiger partial charge in [0.2, 0.25) is 0 Å². The number of halogens is 2. The van der Waals surface area contributed by atoms with Crippen LogP contribution in [0.15, 0.2) is 35.3 Å². The molecule has 0 unspecified atom stereocenters. The van der Waals surface area contributed by atoms with E-state index in [1.807, 2.05) is 19.1 Å². The van der Waals surface area contributed by atoms with Gasteiger partial charge in [-0.25, -0.2) is 4.99 Å². The zero-order valence-corrected chi connectivity index (χ0v) is 19.3. The van der Waals surface area contributed by atoms with Crippen LogP contribution in [0.4, 0.5) is 5.69 Å². The minimum Gasteiger partial charge on any atom is -0.493 e. The van der Waals surface area contributed by atoms with E-state index in [0.717, 1.165) is 11.3 Å². The average molecular weight is 522 g/mol. The van der Waals surface area contributed by atoms with Crippen molar-refractivity contribution in [3.63, 3.8) is 0 Å². The number of methoxy groups -OCH3 is 3. The molecule has 0 heterocycles. The van der Waals surface area contributed by atoms with Crippen molar-refractivity contribution in [2.45, 2.75) is 13.5 Å². The molecule has 0 spiro atoms. The third kappa shape index (κ3) is 6.23. The van der Waals surface area contributed by atoms with Gasteiger partial charge in [0.05, 0.1) is 39.5 Å². The van der Waals surface area contributed by atoms with E-state index in [4.69, 9.17) is 36.3 Å². The Hall–Kier alpha value is -2.07. The Balaban J connectivity index is 0.00000392. The molecule has 0 amide bonds. The molecule has 0 atom stereocenters. The summed E-state index contributed by atoms with van der Waals surface area (Å²) in [6.07, 6.45) is 0. The molecule has 0 aliphatic carbocycles. The smallest absolute Gasteiger partial charge is 0.193 e. The molecule has 9 heteroatoms. The van der Waals surface area contributed by atoms with E-state index in [1.165, 1.54) is 0 Å². The topological polar surface area (TPSA) is 87.3 Å². The van der Waals surface area contributed by atoms with Crippen molar-refractivity contribution in [2.75, 3.05) is 33.3 Å². The average Bonchev–Trinajstić information content (AvgIpc) is 2.67. The number of nitrogens with one attached hydrogen (secondary N) is 1. The predicted molar refractivity (Wildman–Crippen MR) is 123 cm³/mol. The van der Waals surface area contributed by atoms with Crippen molar-refractivity contribution in [2.24, 2.45) is 10.7 Å². The van der Waals surface area contributed by atoms with Gasteiger partial charge in [-0.2, -0.15) is 0 Å². The van der Waals surface area contributed by atoms with Gasteiger partial charge < -0.3 is 30.0 Å². The molecule has 0 fully saturated rings. The van der Waals surface area contributed by atoms with Crippen LogP contribution in [-0.2, 0) is 6.54 Å². The Labute approximate surface area is 187 Å². The van der Waals surface area contributed by atoms with Gasteiger partial charge in [-0.3, -0.25) is 0 Å². The van der Waals surface area contributed by atoms with Crippen LogP contribution in [0.5, 0.6) is 23.0 Å². The van der Waals surface area contributed by atoms with E-state index >= 15 is 0 Å². The highest BCUT2D eigenvalue weighted by atomic mass is 127. The summed E-state index contributed by atoms with van der Waals surface area (Å²) in [5.41, 5.74) is 7.56. The number of aliphatic imine (C=N–C) groups is 1. The highest BCUT2D eigenvalue weighted by Crippen LogP contribution is 2.36. The molecule has 2 rings (SSSR count). The second-order valence-electron chi connectivity index (χ2n) is 5.44. The van der Waals surface area contributed by atoms with Crippen LogP contribution in [0.3, 0.4) is 0 Å². The number of hydrogen-bond acceptors (Lipinski definition) is 5. The highest BCUT2D eigenvalue weighted by Gasteiger charge is 2.11. The molecule has 28 heavy (non-hydrogen) atoms. The van der Waals surface area contributed by atoms with Crippen molar-refractivity contribution in [3.8, 4) is 23.0 Å². The van der Waals surface area contributed by atoms with Crippen molar-refractivity contribution in [3.05, 3.63) is 40.9 Å². The number of rotatable bonds is 8. The molecule has 3 N–H and O–H groups in total. The molecule has 0 aromatic heterocycles. The SMILES string of the molecule is CCOc1c(Cl)cc(CN=C(N)Nc2ccc(OC)c(OC)c2)cc1OC.I. The standard InChI is InChI=1S/C19H24ClN3O4.HI/c1-5-27-18-14(20)8-12(9-17(18)26-4)11-22-19(21)23-13-6-7-15(24-2)16(10-13)25-3;/h6-10H,5,11H2,1-4H3,(H3,21,22,23);1H. The van der Waals surface area contributed by atoms with Crippen LogP contribution in [0.2, 0.25) is 5.02 Å². The molecular weight excluding hydrogens is 497 g/mol. The van der Waals surface area contributed by atoms with E-state index < -0.39 is 0 Å². The number of hydrogen-bond donors (Lipinski definition) is 2. The van der Waals surface area contributed by atoms with E-state index in [-0.39, 0.29) is 29.9 Å². The fourth-order valence-electron chi connectivity index (χ4n) is 2.43. The summed E-state index contributed by atoms with van der Waals surface area (Å²) >= 11 is 6.27. The zero-order chi connectivity index (χ0) is 19.8. The first-order valence-electron chi connectivity index (χ1n) is 8.30. The molecule has 0 radical (unpaired) electrons. The second-order valence-corrected chi connectivity index (χ2v) is 5.85. The normalized spacial score (nSPS) is 10.7. The lowest BCUT2D eigenvalue weighted by Gasteiger charge is -2.13. The number of nitrogens with zero attached hydrogens (tertiary/aromatic N) is 1. The van der Waals surface area contributed by atoms with Crippen LogP contribution in [0, 0.1) is 0 Å². The number of anilines is 1. The molecule has 0 aliphatic heterocycles. The Morgan fingerprint density at radius 1 is 1.04 bits per heavy atom. The van der Waals surface area contributed by atoms with E-state index in [2.05, 4.69) is 10.3 Å². The van der Waals surface area contributed by atoms with E-state index in [9.17, 15) is 0 Å². The Morgan fingerprint density at radius 3 is 2.32 bits per heavy atom. The summed E-state index contributed by atoms with van der Waals surface area (Å²) in [5, 5.41) is 3.48. The van der Waals surface area contributed by atoms with Crippen molar-refractivity contribution in [1.29, 1.82) is 0 Å². The molecule has 2 aromatic carbocycles. The third-order valence-electron chi connectivity index (χ3n) is 3.67. The van der Waals surface area contributed by atoms with E-state index in [1.54, 1.807) is 39.5 Å². The lowest BCUT2D eigenvalue weighted by atomic mass is 10.2. The summed E-state index contributed by atoms with van der Waals surface area (Å²) in [5.74, 6) is 2.56. The minimum atomic E-state index is 0. The number of benzene rings is 2. The summed E-state index contributed by atoms with van der Waals surface area (Å²) in [4.78, 5) is 4.34. The van der Waals surface area contributed by atoms with Gasteiger partial charge in [0, 0.05) is 11.8 Å². The quantitative estimate of drug-likeness (QED) is 0.306. The lowest BCUT2D eigenvalue weighted by Crippen LogP contribution is -2.22. The van der Waals surface area contributed by atoms with Gasteiger partial charge in [-0.1, -0.05) is 11.6 Å². The lowest BCUT2D eigenvalue weighted by molar-refractivity contribution is 0.311. The molecule has 0 bridgehead atoms. The Bertz CT molecular complexity index is 818. The second kappa shape index (κ2) is 11.7. The summed E-state index contributed by atoms with van der Waals surface area (Å²) in [6, 6.07) is 8.98. The minimum absolute atomic E-state index is 0. The van der Waals surface area contributed by atoms with Crippen LogP contribution in [-0.4, -0.2) is 33.9 Å². The number of ether oxygens (including phenoxy) is 4. The van der Waals surface area contributed by atoms with Gasteiger partial charge in [-0.15, -0.1) is 24.0 Å². The van der Waals surface area contributed by atoms with Crippen LogP contribution < -0.4 is 30.0 Å². The van der Waals surface area contributed by atoms with Gasteiger partial charge in [0.25, 0.3) is 0 Å². The van der Waals surface area contributed by atoms with Crippen LogP contribution in [0.1, 0.15) is 12.5 Å². The monoisotopic (exact) mass is 521 g/mol. The van der Waals surface area contributed by atoms with E-state index in [0.29, 0.717) is 41.2 Å². The number of nitrogens with two attached hydrogens (primary N) is 1. The fraction of sp³-hybridized carbons (Fsp3) is 0.316. The highest BCUT2D eigenvalue weighted by molar-refractivity contribution is 14.0. The van der Waals surface area contributed by atoms with Crippen LogP contribution in [0.25, 0.3) is 0 Å². The summed E-state index contributed by atoms with van der Waals surface area (Å²) in [7, 11) is 4.72. The zero-order valence-electron chi connectivity index (χ0n) is 16.2. The molecule has 0 aliphatic rings. The predicted octanol–water partition coefficient (Wildman–Crippen LogP) is 4.31. The molecule has 0 saturated heterocycles. The first kappa shape index (κ1) is 24.0. The maximum Gasteiger partial charge on any atom is 0.193 e. The third-order valence-corrected chi connectivity index (χ3v) is 3.95.